The van der Waals surface area contributed by atoms with Gasteiger partial charge in [0.15, 0.2) is 11.6 Å². The zero-order chi connectivity index (χ0) is 17.1. The van der Waals surface area contributed by atoms with Gasteiger partial charge >= 0.3 is 0 Å². The Labute approximate surface area is 150 Å². The van der Waals surface area contributed by atoms with Crippen LogP contribution in [0.4, 0.5) is 0 Å². The number of hydrogen-bond acceptors (Lipinski definition) is 4. The summed E-state index contributed by atoms with van der Waals surface area (Å²) in [5.41, 5.74) is 1.04. The zero-order valence-electron chi connectivity index (χ0n) is 14.1. The number of quaternary nitrogens is 1. The minimum absolute atomic E-state index is 0.0584. The van der Waals surface area contributed by atoms with E-state index in [4.69, 9.17) is 4.98 Å². The van der Waals surface area contributed by atoms with Gasteiger partial charge in [0.25, 0.3) is 5.91 Å². The van der Waals surface area contributed by atoms with Crippen LogP contribution in [0.15, 0.2) is 41.8 Å². The number of thiazole rings is 1. The SMILES string of the molecule is C[C@H](NC(=O)C[NH+](C)[C@@H](C)c1nc2ccccc2s1)c1cccs1. The Morgan fingerprint density at radius 2 is 2.04 bits per heavy atom. The summed E-state index contributed by atoms with van der Waals surface area (Å²) in [6.45, 7) is 4.59. The molecular weight excluding hydrogens is 338 g/mol. The molecule has 0 saturated heterocycles. The second-order valence-electron chi connectivity index (χ2n) is 6.07. The summed E-state index contributed by atoms with van der Waals surface area (Å²) in [4.78, 5) is 19.4. The molecule has 2 heterocycles. The number of nitrogens with one attached hydrogen (secondary N) is 2. The van der Waals surface area contributed by atoms with E-state index in [-0.39, 0.29) is 18.0 Å². The minimum Gasteiger partial charge on any atom is -0.344 e. The maximum Gasteiger partial charge on any atom is 0.275 e. The normalized spacial score (nSPS) is 15.1. The summed E-state index contributed by atoms with van der Waals surface area (Å²) in [6.07, 6.45) is 0. The lowest BCUT2D eigenvalue weighted by Crippen LogP contribution is -3.10. The molecule has 0 bridgehead atoms. The van der Waals surface area contributed by atoms with Gasteiger partial charge in [0.05, 0.1) is 23.3 Å². The van der Waals surface area contributed by atoms with Crippen LogP contribution in [0.25, 0.3) is 10.2 Å². The Bertz CT molecular complexity index is 780. The molecule has 0 fully saturated rings. The van der Waals surface area contributed by atoms with Gasteiger partial charge in [-0.1, -0.05) is 18.2 Å². The van der Waals surface area contributed by atoms with E-state index >= 15 is 0 Å². The van der Waals surface area contributed by atoms with Crippen molar-refractivity contribution in [1.82, 2.24) is 10.3 Å². The lowest BCUT2D eigenvalue weighted by Gasteiger charge is -2.20. The fourth-order valence-corrected chi connectivity index (χ4v) is 4.44. The highest BCUT2D eigenvalue weighted by atomic mass is 32.1. The van der Waals surface area contributed by atoms with Crippen molar-refractivity contribution in [1.29, 1.82) is 0 Å². The summed E-state index contributed by atoms with van der Waals surface area (Å²) >= 11 is 3.38. The molecule has 2 aromatic heterocycles. The molecule has 1 unspecified atom stereocenters. The van der Waals surface area contributed by atoms with Crippen LogP contribution in [-0.4, -0.2) is 24.5 Å². The van der Waals surface area contributed by atoms with E-state index in [1.165, 1.54) is 9.58 Å². The number of benzene rings is 1. The van der Waals surface area contributed by atoms with Crippen molar-refractivity contribution in [2.75, 3.05) is 13.6 Å². The number of fused-ring (bicyclic) bond motifs is 1. The molecule has 0 aliphatic rings. The van der Waals surface area contributed by atoms with E-state index in [9.17, 15) is 4.79 Å². The quantitative estimate of drug-likeness (QED) is 0.710. The van der Waals surface area contributed by atoms with Gasteiger partial charge < -0.3 is 10.2 Å². The Hall–Kier alpha value is -1.76. The Morgan fingerprint density at radius 3 is 2.75 bits per heavy atom. The lowest BCUT2D eigenvalue weighted by atomic mass is 10.2. The van der Waals surface area contributed by atoms with Crippen LogP contribution in [0, 0.1) is 0 Å². The molecule has 1 amide bonds. The van der Waals surface area contributed by atoms with E-state index in [2.05, 4.69) is 24.4 Å². The van der Waals surface area contributed by atoms with E-state index in [0.717, 1.165) is 15.4 Å². The third-order valence-electron chi connectivity index (χ3n) is 4.21. The summed E-state index contributed by atoms with van der Waals surface area (Å²) in [5.74, 6) is 0.0707. The van der Waals surface area contributed by atoms with Gasteiger partial charge in [0, 0.05) is 4.88 Å². The average molecular weight is 361 g/mol. The topological polar surface area (TPSA) is 46.4 Å². The maximum atomic E-state index is 12.3. The summed E-state index contributed by atoms with van der Waals surface area (Å²) < 4.78 is 1.20. The molecule has 0 radical (unpaired) electrons. The van der Waals surface area contributed by atoms with Crippen molar-refractivity contribution < 1.29 is 9.69 Å². The number of carbonyl (C=O) groups excluding carboxylic acids is 1. The second-order valence-corrected chi connectivity index (χ2v) is 8.11. The standard InChI is InChI=1S/C18H21N3OS2/c1-12(15-9-6-10-23-15)19-17(22)11-21(3)13(2)18-20-14-7-4-5-8-16(14)24-18/h4-10,12-13H,11H2,1-3H3,(H,19,22)/p+1/t12-,13-/m0/s1. The van der Waals surface area contributed by atoms with Gasteiger partial charge in [-0.25, -0.2) is 4.98 Å². The fraction of sp³-hybridized carbons (Fsp3) is 0.333. The Balaban J connectivity index is 1.61. The first-order valence-electron chi connectivity index (χ1n) is 8.05. The van der Waals surface area contributed by atoms with Gasteiger partial charge in [0.2, 0.25) is 0 Å². The molecule has 0 aliphatic heterocycles. The number of rotatable bonds is 6. The molecule has 3 atom stereocenters. The van der Waals surface area contributed by atoms with Crippen molar-refractivity contribution in [2.45, 2.75) is 25.9 Å². The lowest BCUT2D eigenvalue weighted by molar-refractivity contribution is -0.902. The van der Waals surface area contributed by atoms with Crippen molar-refractivity contribution in [3.63, 3.8) is 0 Å². The van der Waals surface area contributed by atoms with E-state index in [0.29, 0.717) is 6.54 Å². The molecule has 1 aromatic carbocycles. The molecule has 126 valence electrons. The van der Waals surface area contributed by atoms with E-state index < -0.39 is 0 Å². The molecule has 4 nitrogen and oxygen atoms in total. The number of likely N-dealkylation sites (N-methyl/N-ethyl adjacent to an activating group) is 1. The molecule has 3 aromatic rings. The van der Waals surface area contributed by atoms with Crippen LogP contribution in [0.3, 0.4) is 0 Å². The number of aromatic nitrogens is 1. The molecular formula is C18H22N3OS2+. The van der Waals surface area contributed by atoms with Crippen molar-refractivity contribution in [3.05, 3.63) is 51.7 Å². The molecule has 0 spiro atoms. The summed E-state index contributed by atoms with van der Waals surface area (Å²) in [6, 6.07) is 12.5. The van der Waals surface area contributed by atoms with Gasteiger partial charge in [-0.15, -0.1) is 22.7 Å². The molecule has 0 aliphatic carbocycles. The van der Waals surface area contributed by atoms with Gasteiger partial charge in [-0.2, -0.15) is 0 Å². The van der Waals surface area contributed by atoms with Crippen molar-refractivity contribution in [3.8, 4) is 0 Å². The Morgan fingerprint density at radius 1 is 1.25 bits per heavy atom. The third kappa shape index (κ3) is 3.83. The van der Waals surface area contributed by atoms with Crippen molar-refractivity contribution >= 4 is 38.8 Å². The molecule has 6 heteroatoms. The molecule has 2 N–H and O–H groups in total. The summed E-state index contributed by atoms with van der Waals surface area (Å²) in [5, 5.41) is 6.19. The number of para-hydroxylation sites is 1. The number of nitrogens with zero attached hydrogens (tertiary/aromatic N) is 1. The third-order valence-corrected chi connectivity index (χ3v) is 6.48. The first-order valence-corrected chi connectivity index (χ1v) is 9.74. The summed E-state index contributed by atoms with van der Waals surface area (Å²) in [7, 11) is 2.05. The maximum absolute atomic E-state index is 12.3. The van der Waals surface area contributed by atoms with Crippen LogP contribution >= 0.6 is 22.7 Å². The van der Waals surface area contributed by atoms with Crippen LogP contribution < -0.4 is 10.2 Å². The monoisotopic (exact) mass is 360 g/mol. The minimum atomic E-state index is 0.0584. The van der Waals surface area contributed by atoms with Gasteiger partial charge in [-0.3, -0.25) is 4.79 Å². The number of hydrogen-bond donors (Lipinski definition) is 2. The number of amides is 1. The Kier molecular flexibility index (Phi) is 5.28. The van der Waals surface area contributed by atoms with Gasteiger partial charge in [-0.05, 0) is 37.4 Å². The molecule has 0 saturated carbocycles. The van der Waals surface area contributed by atoms with Gasteiger partial charge in [0.1, 0.15) is 6.04 Å². The van der Waals surface area contributed by atoms with Crippen LogP contribution in [0.2, 0.25) is 0 Å². The van der Waals surface area contributed by atoms with Crippen LogP contribution in [0.1, 0.15) is 35.8 Å². The van der Waals surface area contributed by atoms with Crippen molar-refractivity contribution in [2.24, 2.45) is 0 Å². The smallest absolute Gasteiger partial charge is 0.275 e. The predicted molar refractivity (Wildman–Crippen MR) is 101 cm³/mol. The average Bonchev–Trinajstić information content (AvgIpc) is 3.23. The largest absolute Gasteiger partial charge is 0.344 e. The number of carbonyl (C=O) groups is 1. The molecule has 24 heavy (non-hydrogen) atoms. The van der Waals surface area contributed by atoms with Crippen LogP contribution in [-0.2, 0) is 4.79 Å². The first-order chi connectivity index (χ1) is 11.5. The van der Waals surface area contributed by atoms with E-state index in [1.54, 1.807) is 22.7 Å². The zero-order valence-corrected chi connectivity index (χ0v) is 15.7. The first kappa shape index (κ1) is 17.1. The highest BCUT2D eigenvalue weighted by molar-refractivity contribution is 7.18. The van der Waals surface area contributed by atoms with Crippen LogP contribution in [0.5, 0.6) is 0 Å². The number of thiophene rings is 1. The predicted octanol–water partition coefficient (Wildman–Crippen LogP) is 2.81. The second kappa shape index (κ2) is 7.42. The highest BCUT2D eigenvalue weighted by Gasteiger charge is 2.22. The fourth-order valence-electron chi connectivity index (χ4n) is 2.59. The highest BCUT2D eigenvalue weighted by Crippen LogP contribution is 2.24. The molecule has 3 rings (SSSR count). The van der Waals surface area contributed by atoms with E-state index in [1.807, 2.05) is 43.6 Å².